The molecule has 1 aliphatic heterocycles. The number of nitrogens with zero attached hydrogens (tertiary/aromatic N) is 2. The third-order valence-electron chi connectivity index (χ3n) is 4.52. The number of thioether (sulfide) groups is 1. The molecule has 30 heavy (non-hydrogen) atoms. The van der Waals surface area contributed by atoms with Gasteiger partial charge in [-0.25, -0.2) is 0 Å². The molecule has 0 spiro atoms. The van der Waals surface area contributed by atoms with Gasteiger partial charge in [-0.3, -0.25) is 24.0 Å². The molecule has 1 aliphatic rings. The van der Waals surface area contributed by atoms with Crippen LogP contribution in [0.25, 0.3) is 0 Å². The monoisotopic (exact) mass is 435 g/mol. The molecule has 1 atom stereocenters. The summed E-state index contributed by atoms with van der Waals surface area (Å²) in [4.78, 5) is 63.3. The Hall–Kier alpha value is -3.08. The molecule has 0 aromatic heterocycles. The summed E-state index contributed by atoms with van der Waals surface area (Å²) in [5, 5.41) is 2.54. The molecule has 1 aromatic carbocycles. The largest absolute Gasteiger partial charge is 0.370 e. The van der Waals surface area contributed by atoms with E-state index in [4.69, 9.17) is 11.5 Å². The number of carbonyl (C=O) groups excluding carboxylic acids is 5. The average molecular weight is 436 g/mol. The van der Waals surface area contributed by atoms with Crippen LogP contribution in [0.5, 0.6) is 0 Å². The second kappa shape index (κ2) is 10.6. The first-order valence-electron chi connectivity index (χ1n) is 9.25. The van der Waals surface area contributed by atoms with Crippen molar-refractivity contribution in [3.8, 4) is 0 Å². The number of likely N-dealkylation sites (N-methyl/N-ethyl adjacent to an activating group) is 1. The predicted molar refractivity (Wildman–Crippen MR) is 111 cm³/mol. The van der Waals surface area contributed by atoms with E-state index in [0.717, 1.165) is 4.90 Å². The lowest BCUT2D eigenvalue weighted by Gasteiger charge is -2.26. The van der Waals surface area contributed by atoms with Gasteiger partial charge >= 0.3 is 0 Å². The van der Waals surface area contributed by atoms with Crippen LogP contribution in [0.2, 0.25) is 0 Å². The van der Waals surface area contributed by atoms with Crippen molar-refractivity contribution in [2.24, 2.45) is 11.5 Å². The maximum Gasteiger partial charge on any atom is 0.254 e. The summed E-state index contributed by atoms with van der Waals surface area (Å²) in [5.41, 5.74) is 11.7. The van der Waals surface area contributed by atoms with E-state index in [1.54, 1.807) is 24.3 Å². The number of carbonyl (C=O) groups is 5. The van der Waals surface area contributed by atoms with Gasteiger partial charge in [0.2, 0.25) is 23.6 Å². The fraction of sp³-hybridized carbons (Fsp3) is 0.421. The first-order valence-corrected chi connectivity index (χ1v) is 10.4. The minimum atomic E-state index is -0.899. The third-order valence-corrected chi connectivity index (χ3v) is 5.60. The van der Waals surface area contributed by atoms with Crippen LogP contribution in [0.4, 0.5) is 0 Å². The van der Waals surface area contributed by atoms with Gasteiger partial charge in [-0.2, -0.15) is 11.8 Å². The van der Waals surface area contributed by atoms with Gasteiger partial charge in [0.05, 0.1) is 6.54 Å². The third kappa shape index (κ3) is 6.48. The second-order valence-electron chi connectivity index (χ2n) is 6.89. The molecule has 5 amide bonds. The van der Waals surface area contributed by atoms with Crippen LogP contribution in [0.15, 0.2) is 24.3 Å². The van der Waals surface area contributed by atoms with E-state index in [1.807, 2.05) is 0 Å². The summed E-state index contributed by atoms with van der Waals surface area (Å²) >= 11 is 1.34. The van der Waals surface area contributed by atoms with Crippen molar-refractivity contribution in [1.82, 2.24) is 15.1 Å². The second-order valence-corrected chi connectivity index (χ2v) is 7.92. The molecule has 162 valence electrons. The van der Waals surface area contributed by atoms with Crippen LogP contribution >= 0.6 is 11.8 Å². The van der Waals surface area contributed by atoms with Crippen molar-refractivity contribution in [3.05, 3.63) is 35.4 Å². The number of rotatable bonds is 4. The Kier molecular flexibility index (Phi) is 8.22. The number of amides is 5. The van der Waals surface area contributed by atoms with Crippen molar-refractivity contribution in [2.75, 3.05) is 32.4 Å². The summed E-state index contributed by atoms with van der Waals surface area (Å²) < 4.78 is 0. The number of hydrogen-bond acceptors (Lipinski definition) is 6. The smallest absolute Gasteiger partial charge is 0.254 e. The van der Waals surface area contributed by atoms with E-state index in [0.29, 0.717) is 16.9 Å². The van der Waals surface area contributed by atoms with E-state index in [-0.39, 0.29) is 31.8 Å². The molecular formula is C19H25N5O5S. The molecule has 0 fully saturated rings. The van der Waals surface area contributed by atoms with Gasteiger partial charge in [0.25, 0.3) is 5.91 Å². The van der Waals surface area contributed by atoms with E-state index < -0.39 is 35.6 Å². The number of benzene rings is 1. The van der Waals surface area contributed by atoms with E-state index in [2.05, 4.69) is 5.32 Å². The van der Waals surface area contributed by atoms with Crippen molar-refractivity contribution >= 4 is 41.3 Å². The summed E-state index contributed by atoms with van der Waals surface area (Å²) in [6, 6.07) is 5.99. The molecule has 10 nitrogen and oxygen atoms in total. The Balaban J connectivity index is 2.37. The van der Waals surface area contributed by atoms with Crippen LogP contribution in [0.3, 0.4) is 0 Å². The highest BCUT2D eigenvalue weighted by atomic mass is 32.2. The molecule has 0 aliphatic carbocycles. The molecule has 2 rings (SSSR count). The Morgan fingerprint density at radius 1 is 1.17 bits per heavy atom. The zero-order valence-electron chi connectivity index (χ0n) is 16.6. The lowest BCUT2D eigenvalue weighted by molar-refractivity contribution is -0.136. The fourth-order valence-corrected chi connectivity index (χ4v) is 3.90. The lowest BCUT2D eigenvalue weighted by Crippen LogP contribution is -2.51. The topological polar surface area (TPSA) is 156 Å². The van der Waals surface area contributed by atoms with Gasteiger partial charge in [-0.05, 0) is 11.6 Å². The predicted octanol–water partition coefficient (Wildman–Crippen LogP) is -1.32. The molecule has 0 saturated carbocycles. The summed E-state index contributed by atoms with van der Waals surface area (Å²) in [7, 11) is 1.41. The quantitative estimate of drug-likeness (QED) is 0.533. The molecular weight excluding hydrogens is 410 g/mol. The van der Waals surface area contributed by atoms with Crippen LogP contribution in [-0.4, -0.2) is 77.8 Å². The summed E-state index contributed by atoms with van der Waals surface area (Å²) in [6.45, 7) is -0.649. The highest BCUT2D eigenvalue weighted by Crippen LogP contribution is 2.20. The molecule has 1 aromatic rings. The lowest BCUT2D eigenvalue weighted by atomic mass is 10.1. The molecule has 11 heteroatoms. The Bertz CT molecular complexity index is 846. The molecule has 5 N–H and O–H groups in total. The first-order chi connectivity index (χ1) is 14.2. The number of fused-ring (bicyclic) bond motifs is 1. The van der Waals surface area contributed by atoms with Gasteiger partial charge in [-0.15, -0.1) is 0 Å². The van der Waals surface area contributed by atoms with Gasteiger partial charge in [-0.1, -0.05) is 18.2 Å². The highest BCUT2D eigenvalue weighted by molar-refractivity contribution is 7.98. The van der Waals surface area contributed by atoms with Gasteiger partial charge in [0.15, 0.2) is 0 Å². The average Bonchev–Trinajstić information content (AvgIpc) is 2.69. The Morgan fingerprint density at radius 3 is 2.53 bits per heavy atom. The minimum absolute atomic E-state index is 0.0226. The van der Waals surface area contributed by atoms with E-state index in [9.17, 15) is 24.0 Å². The van der Waals surface area contributed by atoms with Crippen molar-refractivity contribution < 1.29 is 24.0 Å². The highest BCUT2D eigenvalue weighted by Gasteiger charge is 2.26. The molecule has 0 radical (unpaired) electrons. The maximum atomic E-state index is 13.1. The van der Waals surface area contributed by atoms with Gasteiger partial charge in [0, 0.05) is 37.1 Å². The Morgan fingerprint density at radius 2 is 1.87 bits per heavy atom. The number of nitrogens with two attached hydrogens (primary N) is 2. The minimum Gasteiger partial charge on any atom is -0.370 e. The standard InChI is InChI=1S/C19H25N5O5S/c1-23-8-16(26)22-14(18(21)28)11-30-10-12-4-2-3-5-13(12)19(29)24(9-17(23)27)7-6-15(20)25/h2-5,14H,6-11H2,1H3,(H2,20,25)(H2,21,28)(H,22,26). The van der Waals surface area contributed by atoms with Crippen molar-refractivity contribution in [3.63, 3.8) is 0 Å². The number of hydrogen-bond donors (Lipinski definition) is 3. The van der Waals surface area contributed by atoms with Gasteiger partial charge < -0.3 is 26.6 Å². The first kappa shape index (κ1) is 23.2. The zero-order valence-corrected chi connectivity index (χ0v) is 17.4. The zero-order chi connectivity index (χ0) is 22.3. The van der Waals surface area contributed by atoms with Crippen molar-refractivity contribution in [1.29, 1.82) is 0 Å². The van der Waals surface area contributed by atoms with Crippen LogP contribution in [0, 0.1) is 0 Å². The van der Waals surface area contributed by atoms with Crippen LogP contribution < -0.4 is 16.8 Å². The number of primary amides is 2. The molecule has 0 bridgehead atoms. The van der Waals surface area contributed by atoms with Crippen LogP contribution in [0.1, 0.15) is 22.3 Å². The summed E-state index contributed by atoms with van der Waals surface area (Å²) in [5.74, 6) is -2.12. The normalized spacial score (nSPS) is 19.0. The summed E-state index contributed by atoms with van der Waals surface area (Å²) in [6.07, 6.45) is -0.0968. The molecule has 1 heterocycles. The van der Waals surface area contributed by atoms with Crippen LogP contribution in [-0.2, 0) is 24.9 Å². The van der Waals surface area contributed by atoms with E-state index >= 15 is 0 Å². The SMILES string of the molecule is CN1CC(=O)NC(C(N)=O)CSCc2ccccc2C(=O)N(CCC(N)=O)CC1=O. The Labute approximate surface area is 178 Å². The number of nitrogens with one attached hydrogen (secondary N) is 1. The maximum absolute atomic E-state index is 13.1. The molecule has 0 saturated heterocycles. The molecule has 1 unspecified atom stereocenters. The van der Waals surface area contributed by atoms with E-state index in [1.165, 1.54) is 23.7 Å². The van der Waals surface area contributed by atoms with Crippen molar-refractivity contribution in [2.45, 2.75) is 18.2 Å². The fourth-order valence-electron chi connectivity index (χ4n) is 2.83. The van der Waals surface area contributed by atoms with Gasteiger partial charge in [0.1, 0.15) is 12.6 Å².